The van der Waals surface area contributed by atoms with Crippen molar-refractivity contribution in [2.24, 2.45) is 0 Å². The molecule has 4 aromatic rings. The number of aromatic nitrogens is 4. The number of halogens is 1. The number of aromatic amines is 4. The minimum atomic E-state index is -0.686. The van der Waals surface area contributed by atoms with Crippen molar-refractivity contribution in [2.45, 2.75) is 26.4 Å². The minimum absolute atomic E-state index is 0.00650. The molecule has 182 valence electrons. The van der Waals surface area contributed by atoms with Crippen LogP contribution in [0, 0.1) is 24.0 Å². The van der Waals surface area contributed by atoms with E-state index in [-0.39, 0.29) is 23.4 Å². The van der Waals surface area contributed by atoms with E-state index in [0.717, 1.165) is 5.56 Å². The molecule has 0 bridgehead atoms. The Balaban J connectivity index is 1.75. The van der Waals surface area contributed by atoms with E-state index < -0.39 is 10.8 Å². The van der Waals surface area contributed by atoms with E-state index in [0.29, 0.717) is 44.0 Å². The van der Waals surface area contributed by atoms with Crippen molar-refractivity contribution in [3.05, 3.63) is 105 Å². The Morgan fingerprint density at radius 2 is 1.54 bits per heavy atom. The summed E-state index contributed by atoms with van der Waals surface area (Å²) in [5.74, 6) is 0.109. The fourth-order valence-electron chi connectivity index (χ4n) is 4.00. The third-order valence-electron chi connectivity index (χ3n) is 5.72. The summed E-state index contributed by atoms with van der Waals surface area (Å²) < 4.78 is 12.1. The monoisotopic (exact) mass is 543 g/mol. The third kappa shape index (κ3) is 4.64. The van der Waals surface area contributed by atoms with E-state index in [2.05, 4.69) is 36.3 Å². The molecular formula is C23H22BrN5O6. The van der Waals surface area contributed by atoms with Gasteiger partial charge in [0.2, 0.25) is 0 Å². The van der Waals surface area contributed by atoms with Crippen molar-refractivity contribution in [3.63, 3.8) is 0 Å². The number of hydrogen-bond acceptors (Lipinski definition) is 6. The van der Waals surface area contributed by atoms with Gasteiger partial charge in [-0.3, -0.25) is 29.9 Å². The first-order chi connectivity index (χ1) is 16.7. The molecule has 0 aliphatic carbocycles. The lowest BCUT2D eigenvalue weighted by atomic mass is 9.85. The van der Waals surface area contributed by atoms with Gasteiger partial charge < -0.3 is 19.7 Å². The van der Waals surface area contributed by atoms with Crippen molar-refractivity contribution in [2.75, 3.05) is 7.11 Å². The van der Waals surface area contributed by atoms with E-state index in [4.69, 9.17) is 9.47 Å². The number of H-pyrrole nitrogens is 4. The number of nitrogens with one attached hydrogen (secondary N) is 4. The number of non-ortho nitro benzene ring substituents is 1. The van der Waals surface area contributed by atoms with E-state index in [1.165, 1.54) is 19.2 Å². The molecule has 0 saturated carbocycles. The Labute approximate surface area is 206 Å². The summed E-state index contributed by atoms with van der Waals surface area (Å²) in [5, 5.41) is 21.7. The number of aryl methyl sites for hydroxylation is 2. The fourth-order valence-corrected chi connectivity index (χ4v) is 4.57. The molecule has 0 saturated heterocycles. The highest BCUT2D eigenvalue weighted by Crippen LogP contribution is 2.42. The van der Waals surface area contributed by atoms with Crippen LogP contribution in [0.4, 0.5) is 5.69 Å². The number of ether oxygens (including phenoxy) is 2. The highest BCUT2D eigenvalue weighted by molar-refractivity contribution is 9.10. The second-order valence-electron chi connectivity index (χ2n) is 7.91. The normalized spacial score (nSPS) is 11.1. The second kappa shape index (κ2) is 9.66. The molecule has 2 heterocycles. The summed E-state index contributed by atoms with van der Waals surface area (Å²) in [7, 11) is 1.49. The Kier molecular flexibility index (Phi) is 6.65. The smallest absolute Gasteiger partial charge is 0.269 e. The van der Waals surface area contributed by atoms with Crippen LogP contribution in [0.2, 0.25) is 0 Å². The topological polar surface area (TPSA) is 159 Å². The van der Waals surface area contributed by atoms with Crippen LogP contribution in [0.3, 0.4) is 0 Å². The molecule has 0 unspecified atom stereocenters. The van der Waals surface area contributed by atoms with Crippen LogP contribution in [-0.2, 0) is 6.61 Å². The first kappa shape index (κ1) is 24.1. The van der Waals surface area contributed by atoms with E-state index >= 15 is 0 Å². The average Bonchev–Trinajstić information content (AvgIpc) is 3.34. The largest absolute Gasteiger partial charge is 0.493 e. The molecule has 2 aromatic carbocycles. The van der Waals surface area contributed by atoms with Gasteiger partial charge in [0.05, 0.1) is 27.6 Å². The Bertz CT molecular complexity index is 1440. The molecule has 0 aliphatic rings. The fraction of sp³-hybridized carbons (Fsp3) is 0.217. The van der Waals surface area contributed by atoms with Crippen molar-refractivity contribution in [1.29, 1.82) is 0 Å². The molecular weight excluding hydrogens is 522 g/mol. The summed E-state index contributed by atoms with van der Waals surface area (Å²) in [6, 6.07) is 9.54. The molecule has 0 fully saturated rings. The van der Waals surface area contributed by atoms with Crippen LogP contribution in [0.25, 0.3) is 0 Å². The molecule has 0 spiro atoms. The summed E-state index contributed by atoms with van der Waals surface area (Å²) in [6.45, 7) is 3.65. The molecule has 35 heavy (non-hydrogen) atoms. The van der Waals surface area contributed by atoms with Crippen LogP contribution >= 0.6 is 15.9 Å². The van der Waals surface area contributed by atoms with Gasteiger partial charge in [-0.2, -0.15) is 0 Å². The number of hydrogen-bond donors (Lipinski definition) is 4. The zero-order valence-corrected chi connectivity index (χ0v) is 20.6. The SMILES string of the molecule is COc1cc(C(c2c(C)[nH][nH]c2=O)c2c(C)[nH][nH]c2=O)cc(Br)c1OCc1ccc([N+](=O)[O-])cc1. The molecule has 4 rings (SSSR count). The molecule has 11 nitrogen and oxygen atoms in total. The zero-order valence-electron chi connectivity index (χ0n) is 19.0. The first-order valence-electron chi connectivity index (χ1n) is 10.5. The van der Waals surface area contributed by atoms with Crippen molar-refractivity contribution >= 4 is 21.6 Å². The molecule has 2 aromatic heterocycles. The minimum Gasteiger partial charge on any atom is -0.493 e. The number of benzene rings is 2. The average molecular weight is 544 g/mol. The molecule has 0 amide bonds. The molecule has 0 radical (unpaired) electrons. The summed E-state index contributed by atoms with van der Waals surface area (Å²) in [6.07, 6.45) is 0. The molecule has 0 aliphatic heterocycles. The number of methoxy groups -OCH3 is 1. The molecule has 12 heteroatoms. The Morgan fingerprint density at radius 3 is 2.00 bits per heavy atom. The summed E-state index contributed by atoms with van der Waals surface area (Å²) >= 11 is 3.53. The predicted octanol–water partition coefficient (Wildman–Crippen LogP) is 3.77. The van der Waals surface area contributed by atoms with E-state index in [1.807, 2.05) is 0 Å². The zero-order chi connectivity index (χ0) is 25.3. The van der Waals surface area contributed by atoms with Gasteiger partial charge in [0.25, 0.3) is 16.8 Å². The number of nitro groups is 1. The second-order valence-corrected chi connectivity index (χ2v) is 8.77. The van der Waals surface area contributed by atoms with Crippen LogP contribution in [-0.4, -0.2) is 32.4 Å². The van der Waals surface area contributed by atoms with E-state index in [1.54, 1.807) is 38.1 Å². The van der Waals surface area contributed by atoms with Gasteiger partial charge in [-0.1, -0.05) is 0 Å². The summed E-state index contributed by atoms with van der Waals surface area (Å²) in [5.41, 5.74) is 2.73. The number of nitro benzene ring substituents is 1. The van der Waals surface area contributed by atoms with Crippen molar-refractivity contribution in [3.8, 4) is 11.5 Å². The van der Waals surface area contributed by atoms with Gasteiger partial charge >= 0.3 is 0 Å². The van der Waals surface area contributed by atoms with Gasteiger partial charge in [0.15, 0.2) is 11.5 Å². The Hall–Kier alpha value is -4.06. The number of nitrogens with zero attached hydrogens (tertiary/aromatic N) is 1. The number of rotatable bonds is 8. The van der Waals surface area contributed by atoms with E-state index in [9.17, 15) is 19.7 Å². The maximum absolute atomic E-state index is 12.7. The van der Waals surface area contributed by atoms with Gasteiger partial charge in [-0.25, -0.2) is 0 Å². The van der Waals surface area contributed by atoms with Gasteiger partial charge in [0, 0.05) is 29.4 Å². The maximum Gasteiger partial charge on any atom is 0.269 e. The lowest BCUT2D eigenvalue weighted by Crippen LogP contribution is -2.20. The first-order valence-corrected chi connectivity index (χ1v) is 11.3. The van der Waals surface area contributed by atoms with Crippen molar-refractivity contribution < 1.29 is 14.4 Å². The van der Waals surface area contributed by atoms with Crippen molar-refractivity contribution in [1.82, 2.24) is 20.4 Å². The maximum atomic E-state index is 12.7. The molecule has 0 atom stereocenters. The van der Waals surface area contributed by atoms with Gasteiger partial charge in [-0.15, -0.1) is 0 Å². The third-order valence-corrected chi connectivity index (χ3v) is 6.31. The molecule has 4 N–H and O–H groups in total. The highest BCUT2D eigenvalue weighted by Gasteiger charge is 2.29. The quantitative estimate of drug-likeness (QED) is 0.195. The van der Waals surface area contributed by atoms with Crippen LogP contribution in [0.1, 0.15) is 39.6 Å². The van der Waals surface area contributed by atoms with Gasteiger partial charge in [0.1, 0.15) is 6.61 Å². The predicted molar refractivity (Wildman–Crippen MR) is 131 cm³/mol. The van der Waals surface area contributed by atoms with Gasteiger partial charge in [-0.05, 0) is 65.2 Å². The lowest BCUT2D eigenvalue weighted by molar-refractivity contribution is -0.384. The van der Waals surface area contributed by atoms with Crippen LogP contribution in [0.15, 0.2) is 50.5 Å². The highest BCUT2D eigenvalue weighted by atomic mass is 79.9. The Morgan fingerprint density at radius 1 is 0.971 bits per heavy atom. The standard InChI is InChI=1S/C23H22BrN5O6/c1-11-18(22(30)27-25-11)20(19-12(2)26-28-23(19)31)14-8-16(24)21(17(9-14)34-3)35-10-13-4-6-15(7-5-13)29(32)33/h4-9,20H,10H2,1-3H3,(H2,25,27,30)(H2,26,28,31). The van der Waals surface area contributed by atoms with Crippen LogP contribution in [0.5, 0.6) is 11.5 Å². The van der Waals surface area contributed by atoms with Crippen LogP contribution < -0.4 is 20.6 Å². The lowest BCUT2D eigenvalue weighted by Gasteiger charge is -2.20. The summed E-state index contributed by atoms with van der Waals surface area (Å²) in [4.78, 5) is 35.8.